The molecule has 0 saturated carbocycles. The van der Waals surface area contributed by atoms with Crippen LogP contribution in [-0.4, -0.2) is 25.2 Å². The molecule has 184 valence electrons. The summed E-state index contributed by atoms with van der Waals surface area (Å²) in [5, 5.41) is 12.0. The molecule has 2 aromatic carbocycles. The predicted octanol–water partition coefficient (Wildman–Crippen LogP) is 5.80. The van der Waals surface area contributed by atoms with E-state index in [-0.39, 0.29) is 34.8 Å². The van der Waals surface area contributed by atoms with Gasteiger partial charge in [0.2, 0.25) is 0 Å². The number of pyridine rings is 1. The van der Waals surface area contributed by atoms with Gasteiger partial charge in [0.15, 0.2) is 0 Å². The topological polar surface area (TPSA) is 59.7 Å². The van der Waals surface area contributed by atoms with Crippen LogP contribution < -0.4 is 4.90 Å². The van der Waals surface area contributed by atoms with Gasteiger partial charge in [0.25, 0.3) is 5.95 Å². The lowest BCUT2D eigenvalue weighted by Crippen LogP contribution is -2.25. The number of rotatable bonds is 5. The molecule has 0 aliphatic heterocycles. The number of aromatic nitrogens is 5. The molecule has 0 N–H and O–H groups in total. The van der Waals surface area contributed by atoms with Crippen molar-refractivity contribution in [2.45, 2.75) is 25.4 Å². The van der Waals surface area contributed by atoms with Gasteiger partial charge >= 0.3 is 12.4 Å². The Kier molecular flexibility index (Phi) is 6.30. The van der Waals surface area contributed by atoms with Gasteiger partial charge in [-0.3, -0.25) is 0 Å². The van der Waals surface area contributed by atoms with Crippen LogP contribution in [-0.2, 0) is 32.5 Å². The molecule has 0 radical (unpaired) electrons. The van der Waals surface area contributed by atoms with Crippen molar-refractivity contribution in [2.24, 2.45) is 7.05 Å². The number of nitrogens with zero attached hydrogens (tertiary/aromatic N) is 6. The predicted molar refractivity (Wildman–Crippen MR) is 112 cm³/mol. The maximum Gasteiger partial charge on any atom is 0.416 e. The Morgan fingerprint density at radius 2 is 1.57 bits per heavy atom. The quantitative estimate of drug-likeness (QED) is 0.247. The molecular weight excluding hydrogens is 505 g/mol. The first kappa shape index (κ1) is 24.6. The van der Waals surface area contributed by atoms with Crippen molar-refractivity contribution in [3.63, 3.8) is 0 Å². The highest BCUT2D eigenvalue weighted by molar-refractivity contribution is 6.30. The molecule has 0 aliphatic rings. The molecule has 0 fully saturated rings. The van der Waals surface area contributed by atoms with Crippen LogP contribution >= 0.6 is 11.6 Å². The number of halogens is 8. The molecule has 0 amide bonds. The van der Waals surface area contributed by atoms with Gasteiger partial charge in [0, 0.05) is 30.1 Å². The molecule has 35 heavy (non-hydrogen) atoms. The fourth-order valence-corrected chi connectivity index (χ4v) is 3.61. The maximum atomic E-state index is 13.5. The van der Waals surface area contributed by atoms with Crippen molar-refractivity contribution in [3.8, 4) is 0 Å². The first-order valence-electron chi connectivity index (χ1n) is 9.81. The summed E-state index contributed by atoms with van der Waals surface area (Å²) in [7, 11) is 1.44. The van der Waals surface area contributed by atoms with E-state index in [1.165, 1.54) is 30.1 Å². The van der Waals surface area contributed by atoms with Gasteiger partial charge in [-0.25, -0.2) is 9.37 Å². The summed E-state index contributed by atoms with van der Waals surface area (Å²) in [6.45, 7) is -0.571. The molecule has 6 nitrogen and oxygen atoms in total. The fraction of sp³-hybridized carbons (Fsp3) is 0.238. The highest BCUT2D eigenvalue weighted by atomic mass is 35.5. The maximum absolute atomic E-state index is 13.5. The summed E-state index contributed by atoms with van der Waals surface area (Å²) in [5.41, 5.74) is -2.54. The lowest BCUT2D eigenvalue weighted by Gasteiger charge is -2.23. The molecular formula is C21H14ClF7N6. The summed E-state index contributed by atoms with van der Waals surface area (Å²) < 4.78 is 93.3. The van der Waals surface area contributed by atoms with Crippen LogP contribution in [0.1, 0.15) is 22.3 Å². The lowest BCUT2D eigenvalue weighted by atomic mass is 10.0. The number of benzene rings is 2. The van der Waals surface area contributed by atoms with Crippen LogP contribution in [0.25, 0.3) is 10.9 Å². The smallest absolute Gasteiger partial charge is 0.329 e. The Morgan fingerprint density at radius 1 is 0.914 bits per heavy atom. The van der Waals surface area contributed by atoms with E-state index in [9.17, 15) is 30.7 Å². The third kappa shape index (κ3) is 5.61. The first-order valence-corrected chi connectivity index (χ1v) is 10.2. The minimum atomic E-state index is -4.99. The molecule has 4 rings (SSSR count). The number of fused-ring (bicyclic) bond motifs is 1. The molecule has 0 spiro atoms. The largest absolute Gasteiger partial charge is 0.416 e. The second kappa shape index (κ2) is 8.95. The molecule has 4 aromatic rings. The number of hydrogen-bond donors (Lipinski definition) is 0. The Morgan fingerprint density at radius 3 is 2.14 bits per heavy atom. The highest BCUT2D eigenvalue weighted by Gasteiger charge is 2.37. The standard InChI is InChI=1S/C21H14ClF7N6/c1-34-32-19(31-33-34)35(10-13-6-12-2-3-16(23)8-17(12)30-18(13)22)9-11-4-14(20(24,25)26)7-15(5-11)21(27,28)29/h2-8H,9-10H2,1H3. The van der Waals surface area contributed by atoms with E-state index in [2.05, 4.69) is 20.4 Å². The molecule has 2 aromatic heterocycles. The van der Waals surface area contributed by atoms with Crippen LogP contribution in [0.3, 0.4) is 0 Å². The number of hydrogen-bond acceptors (Lipinski definition) is 5. The second-order valence-corrected chi connectivity index (χ2v) is 7.98. The summed E-state index contributed by atoms with van der Waals surface area (Å²) in [5.74, 6) is -0.585. The van der Waals surface area contributed by atoms with Gasteiger partial charge in [0.05, 0.1) is 23.7 Å². The van der Waals surface area contributed by atoms with Gasteiger partial charge in [0.1, 0.15) is 11.0 Å². The molecule has 14 heteroatoms. The van der Waals surface area contributed by atoms with E-state index >= 15 is 0 Å². The highest BCUT2D eigenvalue weighted by Crippen LogP contribution is 2.37. The fourth-order valence-electron chi connectivity index (χ4n) is 3.41. The van der Waals surface area contributed by atoms with Gasteiger partial charge < -0.3 is 4.90 Å². The molecule has 0 saturated heterocycles. The van der Waals surface area contributed by atoms with Gasteiger partial charge in [-0.1, -0.05) is 16.7 Å². The second-order valence-electron chi connectivity index (χ2n) is 7.62. The van der Waals surface area contributed by atoms with E-state index in [1.54, 1.807) is 6.07 Å². The third-order valence-electron chi connectivity index (χ3n) is 4.97. The Labute approximate surface area is 197 Å². The zero-order valence-electron chi connectivity index (χ0n) is 17.7. The van der Waals surface area contributed by atoms with Crippen LogP contribution in [0, 0.1) is 5.82 Å². The zero-order chi connectivity index (χ0) is 25.5. The summed E-state index contributed by atoms with van der Waals surface area (Å²) in [6, 6.07) is 6.74. The van der Waals surface area contributed by atoms with Gasteiger partial charge in [-0.15, -0.1) is 5.10 Å². The van der Waals surface area contributed by atoms with Crippen molar-refractivity contribution in [1.29, 1.82) is 0 Å². The van der Waals surface area contributed by atoms with Crippen LogP contribution in [0.4, 0.5) is 36.7 Å². The molecule has 0 atom stereocenters. The lowest BCUT2D eigenvalue weighted by molar-refractivity contribution is -0.143. The number of tetrazole rings is 1. The molecule has 0 bridgehead atoms. The van der Waals surface area contributed by atoms with Gasteiger partial charge in [-0.05, 0) is 47.2 Å². The summed E-state index contributed by atoms with van der Waals surface area (Å²) in [6.07, 6.45) is -9.99. The van der Waals surface area contributed by atoms with E-state index in [0.717, 1.165) is 4.80 Å². The normalized spacial score (nSPS) is 12.4. The SMILES string of the molecule is Cn1nnc(N(Cc2cc(C(F)(F)F)cc(C(F)(F)F)c2)Cc2cc3ccc(F)cc3nc2Cl)n1. The molecule has 0 aliphatic carbocycles. The first-order chi connectivity index (χ1) is 16.3. The van der Waals surface area contributed by atoms with Crippen molar-refractivity contribution in [1.82, 2.24) is 25.2 Å². The van der Waals surface area contributed by atoms with E-state index in [4.69, 9.17) is 11.6 Å². The Bertz CT molecular complexity index is 1350. The summed E-state index contributed by atoms with van der Waals surface area (Å²) >= 11 is 6.25. The number of anilines is 1. The van der Waals surface area contributed by atoms with E-state index in [1.807, 2.05) is 0 Å². The number of aryl methyl sites for hydroxylation is 1. The van der Waals surface area contributed by atoms with Crippen molar-refractivity contribution in [3.05, 3.63) is 75.7 Å². The van der Waals surface area contributed by atoms with Crippen molar-refractivity contribution >= 4 is 28.5 Å². The van der Waals surface area contributed by atoms with Gasteiger partial charge in [-0.2, -0.15) is 31.1 Å². The van der Waals surface area contributed by atoms with Crippen LogP contribution in [0.5, 0.6) is 0 Å². The monoisotopic (exact) mass is 518 g/mol. The van der Waals surface area contributed by atoms with Crippen LogP contribution in [0.15, 0.2) is 42.5 Å². The molecule has 0 unspecified atom stereocenters. The minimum Gasteiger partial charge on any atom is -0.329 e. The van der Waals surface area contributed by atoms with E-state index < -0.39 is 35.8 Å². The third-order valence-corrected chi connectivity index (χ3v) is 5.30. The number of alkyl halides is 6. The Balaban J connectivity index is 1.76. The zero-order valence-corrected chi connectivity index (χ0v) is 18.4. The van der Waals surface area contributed by atoms with Crippen molar-refractivity contribution < 1.29 is 30.7 Å². The molecule has 2 heterocycles. The van der Waals surface area contributed by atoms with E-state index in [0.29, 0.717) is 23.1 Å². The van der Waals surface area contributed by atoms with Crippen LogP contribution in [0.2, 0.25) is 5.15 Å². The Hall–Kier alpha value is -3.48. The summed E-state index contributed by atoms with van der Waals surface area (Å²) in [4.78, 5) is 6.52. The minimum absolute atomic E-state index is 0.0305. The average molecular weight is 519 g/mol. The van der Waals surface area contributed by atoms with Crippen molar-refractivity contribution in [2.75, 3.05) is 4.90 Å². The average Bonchev–Trinajstić information content (AvgIpc) is 3.18.